The van der Waals surface area contributed by atoms with E-state index in [1.54, 1.807) is 18.5 Å². The quantitative estimate of drug-likeness (QED) is 0.691. The molecule has 2 aromatic heterocycles. The van der Waals surface area contributed by atoms with E-state index in [4.69, 9.17) is 11.6 Å². The van der Waals surface area contributed by atoms with E-state index in [0.29, 0.717) is 5.02 Å². The van der Waals surface area contributed by atoms with Gasteiger partial charge in [-0.1, -0.05) is 17.7 Å². The molecule has 0 aliphatic carbocycles. The first-order valence-electron chi connectivity index (χ1n) is 3.89. The van der Waals surface area contributed by atoms with E-state index >= 15 is 0 Å². The summed E-state index contributed by atoms with van der Waals surface area (Å²) in [6, 6.07) is 9.37. The zero-order valence-corrected chi connectivity index (χ0v) is 7.57. The molecule has 0 aromatic carbocycles. The zero-order valence-electron chi connectivity index (χ0n) is 6.81. The minimum atomic E-state index is 0.639. The van der Waals surface area contributed by atoms with Crippen molar-refractivity contribution in [2.24, 2.45) is 0 Å². The summed E-state index contributed by atoms with van der Waals surface area (Å²) in [5.74, 6) is 0. The van der Waals surface area contributed by atoms with Crippen molar-refractivity contribution in [3.63, 3.8) is 0 Å². The molecular formula is C10H7ClN2. The third-order valence-corrected chi connectivity index (χ3v) is 1.88. The maximum atomic E-state index is 5.72. The lowest BCUT2D eigenvalue weighted by Gasteiger charge is -1.97. The van der Waals surface area contributed by atoms with Gasteiger partial charge in [-0.05, 0) is 24.3 Å². The SMILES string of the molecule is Clc1ccc(-c2ccccn2)nc1. The van der Waals surface area contributed by atoms with E-state index in [0.717, 1.165) is 11.4 Å². The number of aromatic nitrogens is 2. The van der Waals surface area contributed by atoms with Crippen LogP contribution < -0.4 is 0 Å². The van der Waals surface area contributed by atoms with Crippen LogP contribution in [0.15, 0.2) is 42.7 Å². The van der Waals surface area contributed by atoms with Gasteiger partial charge in [-0.3, -0.25) is 9.97 Å². The molecule has 0 unspecified atom stereocenters. The van der Waals surface area contributed by atoms with Crippen LogP contribution in [-0.4, -0.2) is 9.97 Å². The fraction of sp³-hybridized carbons (Fsp3) is 0. The summed E-state index contributed by atoms with van der Waals surface area (Å²) >= 11 is 5.72. The molecule has 2 aromatic rings. The van der Waals surface area contributed by atoms with Crippen molar-refractivity contribution in [3.8, 4) is 11.4 Å². The highest BCUT2D eigenvalue weighted by molar-refractivity contribution is 6.30. The van der Waals surface area contributed by atoms with Gasteiger partial charge in [0.25, 0.3) is 0 Å². The first kappa shape index (κ1) is 8.20. The van der Waals surface area contributed by atoms with Crippen molar-refractivity contribution in [2.75, 3.05) is 0 Å². The summed E-state index contributed by atoms with van der Waals surface area (Å²) in [6.07, 6.45) is 3.36. The van der Waals surface area contributed by atoms with Crippen LogP contribution >= 0.6 is 11.6 Å². The zero-order chi connectivity index (χ0) is 9.10. The Labute approximate surface area is 81.2 Å². The number of nitrogens with zero attached hydrogens (tertiary/aromatic N) is 2. The lowest BCUT2D eigenvalue weighted by molar-refractivity contribution is 1.25. The molecule has 2 heterocycles. The summed E-state index contributed by atoms with van der Waals surface area (Å²) in [4.78, 5) is 8.33. The summed E-state index contributed by atoms with van der Waals surface area (Å²) in [7, 11) is 0. The number of halogens is 1. The summed E-state index contributed by atoms with van der Waals surface area (Å²) in [6.45, 7) is 0. The van der Waals surface area contributed by atoms with Gasteiger partial charge in [-0.25, -0.2) is 0 Å². The summed E-state index contributed by atoms with van der Waals surface area (Å²) in [5, 5.41) is 0.639. The standard InChI is InChI=1S/C10H7ClN2/c11-8-4-5-10(13-7-8)9-3-1-2-6-12-9/h1-7H. The van der Waals surface area contributed by atoms with Crippen LogP contribution in [0.3, 0.4) is 0 Å². The van der Waals surface area contributed by atoms with Crippen molar-refractivity contribution >= 4 is 11.6 Å². The Bertz CT molecular complexity index is 383. The third kappa shape index (κ3) is 1.84. The molecule has 0 amide bonds. The number of hydrogen-bond acceptors (Lipinski definition) is 2. The van der Waals surface area contributed by atoms with Gasteiger partial charge >= 0.3 is 0 Å². The average molecular weight is 191 g/mol. The van der Waals surface area contributed by atoms with Crippen LogP contribution in [0, 0.1) is 0 Å². The number of pyridine rings is 2. The van der Waals surface area contributed by atoms with Crippen LogP contribution in [0.5, 0.6) is 0 Å². The van der Waals surface area contributed by atoms with Gasteiger partial charge in [0.2, 0.25) is 0 Å². The minimum absolute atomic E-state index is 0.639. The van der Waals surface area contributed by atoms with Gasteiger partial charge < -0.3 is 0 Å². The molecule has 13 heavy (non-hydrogen) atoms. The molecule has 0 aliphatic heterocycles. The van der Waals surface area contributed by atoms with Crippen LogP contribution in [0.25, 0.3) is 11.4 Å². The van der Waals surface area contributed by atoms with Crippen molar-refractivity contribution in [3.05, 3.63) is 47.7 Å². The van der Waals surface area contributed by atoms with Gasteiger partial charge in [0, 0.05) is 12.4 Å². The second-order valence-electron chi connectivity index (χ2n) is 2.58. The van der Waals surface area contributed by atoms with E-state index in [1.165, 1.54) is 0 Å². The highest BCUT2D eigenvalue weighted by Gasteiger charge is 1.97. The van der Waals surface area contributed by atoms with Gasteiger partial charge in [-0.15, -0.1) is 0 Å². The van der Waals surface area contributed by atoms with Crippen molar-refractivity contribution in [1.82, 2.24) is 9.97 Å². The Hall–Kier alpha value is -1.41. The smallest absolute Gasteiger partial charge is 0.0887 e. The van der Waals surface area contributed by atoms with E-state index in [1.807, 2.05) is 24.3 Å². The summed E-state index contributed by atoms with van der Waals surface area (Å²) in [5.41, 5.74) is 1.70. The predicted octanol–water partition coefficient (Wildman–Crippen LogP) is 2.80. The monoisotopic (exact) mass is 190 g/mol. The van der Waals surface area contributed by atoms with Crippen LogP contribution in [0.2, 0.25) is 5.02 Å². The number of rotatable bonds is 1. The third-order valence-electron chi connectivity index (χ3n) is 1.65. The molecule has 0 aliphatic rings. The van der Waals surface area contributed by atoms with Gasteiger partial charge in [-0.2, -0.15) is 0 Å². The topological polar surface area (TPSA) is 25.8 Å². The first-order chi connectivity index (χ1) is 6.36. The second kappa shape index (κ2) is 3.54. The van der Waals surface area contributed by atoms with Crippen molar-refractivity contribution < 1.29 is 0 Å². The molecule has 0 fully saturated rings. The van der Waals surface area contributed by atoms with E-state index < -0.39 is 0 Å². The second-order valence-corrected chi connectivity index (χ2v) is 3.01. The predicted molar refractivity (Wildman–Crippen MR) is 52.5 cm³/mol. The molecule has 0 radical (unpaired) electrons. The molecule has 64 valence electrons. The van der Waals surface area contributed by atoms with Gasteiger partial charge in [0.05, 0.1) is 16.4 Å². The normalized spacial score (nSPS) is 9.92. The highest BCUT2D eigenvalue weighted by Crippen LogP contribution is 2.15. The molecule has 0 spiro atoms. The lowest BCUT2D eigenvalue weighted by atomic mass is 10.2. The Kier molecular flexibility index (Phi) is 2.23. The maximum Gasteiger partial charge on any atom is 0.0887 e. The van der Waals surface area contributed by atoms with Crippen LogP contribution in [0.4, 0.5) is 0 Å². The largest absolute Gasteiger partial charge is 0.255 e. The van der Waals surface area contributed by atoms with E-state index in [2.05, 4.69) is 9.97 Å². The van der Waals surface area contributed by atoms with Crippen LogP contribution in [-0.2, 0) is 0 Å². The molecule has 2 nitrogen and oxygen atoms in total. The summed E-state index contributed by atoms with van der Waals surface area (Å²) < 4.78 is 0. The van der Waals surface area contributed by atoms with Crippen LogP contribution in [0.1, 0.15) is 0 Å². The molecule has 0 bridgehead atoms. The lowest BCUT2D eigenvalue weighted by Crippen LogP contribution is -1.84. The van der Waals surface area contributed by atoms with Crippen molar-refractivity contribution in [2.45, 2.75) is 0 Å². The maximum absolute atomic E-state index is 5.72. The highest BCUT2D eigenvalue weighted by atomic mass is 35.5. The fourth-order valence-electron chi connectivity index (χ4n) is 1.04. The molecule has 3 heteroatoms. The van der Waals surface area contributed by atoms with Crippen molar-refractivity contribution in [1.29, 1.82) is 0 Å². The minimum Gasteiger partial charge on any atom is -0.255 e. The molecule has 0 N–H and O–H groups in total. The Morgan fingerprint density at radius 1 is 0.923 bits per heavy atom. The molecule has 0 atom stereocenters. The Morgan fingerprint density at radius 3 is 2.38 bits per heavy atom. The van der Waals surface area contributed by atoms with E-state index in [-0.39, 0.29) is 0 Å². The van der Waals surface area contributed by atoms with Gasteiger partial charge in [0.1, 0.15) is 0 Å². The molecule has 0 saturated heterocycles. The van der Waals surface area contributed by atoms with Gasteiger partial charge in [0.15, 0.2) is 0 Å². The molecule has 2 rings (SSSR count). The first-order valence-corrected chi connectivity index (χ1v) is 4.27. The molecule has 0 saturated carbocycles. The average Bonchev–Trinajstić information content (AvgIpc) is 2.20. The Balaban J connectivity index is 2.42. The van der Waals surface area contributed by atoms with E-state index in [9.17, 15) is 0 Å². The fourth-order valence-corrected chi connectivity index (χ4v) is 1.15. The Morgan fingerprint density at radius 2 is 1.77 bits per heavy atom. The molecular weight excluding hydrogens is 184 g/mol. The number of hydrogen-bond donors (Lipinski definition) is 0.